The van der Waals surface area contributed by atoms with Crippen molar-refractivity contribution in [3.05, 3.63) is 0 Å². The molecule has 9 rings (SSSR count). The maximum absolute atomic E-state index is 7.48. The Kier molecular flexibility index (Phi) is 7.60. The molecule has 0 bridgehead atoms. The molecule has 9 fully saturated rings. The molecule has 0 aromatic rings. The molecule has 42 heavy (non-hydrogen) atoms. The molecule has 3 heterocycles. The van der Waals surface area contributed by atoms with Gasteiger partial charge < -0.3 is 4.74 Å². The molecule has 3 aliphatic heterocycles. The highest BCUT2D eigenvalue weighted by Crippen LogP contribution is 2.62. The van der Waals surface area contributed by atoms with Gasteiger partial charge in [-0.2, -0.15) is 11.8 Å². The first-order valence-corrected chi connectivity index (χ1v) is 20.6. The number of likely N-dealkylation sites (tertiary alicyclic amines) is 1. The number of hydrogen-bond acceptors (Lipinski definition) is 3. The number of ether oxygens (including phenoxy) is 1. The van der Waals surface area contributed by atoms with E-state index >= 15 is 0 Å². The molecule has 0 radical (unpaired) electrons. The molecule has 0 N–H and O–H groups in total. The molecular weight excluding hydrogens is 531 g/mol. The first-order chi connectivity index (χ1) is 20.6. The van der Waals surface area contributed by atoms with Crippen molar-refractivity contribution >= 4 is 11.8 Å². The number of rotatable bonds is 2. The van der Waals surface area contributed by atoms with Crippen molar-refractivity contribution in [1.29, 1.82) is 0 Å². The van der Waals surface area contributed by atoms with Gasteiger partial charge in [-0.3, -0.25) is 4.90 Å². The van der Waals surface area contributed by atoms with E-state index in [9.17, 15) is 0 Å². The summed E-state index contributed by atoms with van der Waals surface area (Å²) < 4.78 is 7.48. The third-order valence-electron chi connectivity index (χ3n) is 16.3. The van der Waals surface area contributed by atoms with Gasteiger partial charge in [0.15, 0.2) is 0 Å². The topological polar surface area (TPSA) is 12.5 Å². The molecule has 236 valence electrons. The van der Waals surface area contributed by atoms with Crippen molar-refractivity contribution in [1.82, 2.24) is 4.90 Å². The number of thioether (sulfide) groups is 1. The van der Waals surface area contributed by atoms with Gasteiger partial charge in [-0.25, -0.2) is 0 Å². The minimum atomic E-state index is 0.562. The van der Waals surface area contributed by atoms with Crippen molar-refractivity contribution in [3.63, 3.8) is 0 Å². The SMILES string of the molecule is CC1(C)C2CCCCC2N(C2CCC(C3CCCC4C5CCC6SC7CCCCC7C6C5OC34)CC2)C2CCCCC21. The number of hydrogen-bond donors (Lipinski definition) is 0. The van der Waals surface area contributed by atoms with Crippen LogP contribution in [0.25, 0.3) is 0 Å². The summed E-state index contributed by atoms with van der Waals surface area (Å²) in [7, 11) is 0. The van der Waals surface area contributed by atoms with Crippen molar-refractivity contribution in [2.24, 2.45) is 52.8 Å². The zero-order chi connectivity index (χ0) is 28.0. The van der Waals surface area contributed by atoms with Crippen LogP contribution >= 0.6 is 11.8 Å². The monoisotopic (exact) mass is 593 g/mol. The van der Waals surface area contributed by atoms with E-state index in [1.54, 1.807) is 0 Å². The molecule has 3 saturated heterocycles. The van der Waals surface area contributed by atoms with E-state index in [0.717, 1.165) is 76.0 Å². The summed E-state index contributed by atoms with van der Waals surface area (Å²) in [5.41, 5.74) is 0.562. The molecule has 13 unspecified atom stereocenters. The predicted molar refractivity (Wildman–Crippen MR) is 176 cm³/mol. The quantitative estimate of drug-likeness (QED) is 0.316. The Morgan fingerprint density at radius 3 is 1.90 bits per heavy atom. The molecule has 3 heteroatoms. The van der Waals surface area contributed by atoms with Crippen LogP contribution in [0, 0.1) is 52.8 Å². The van der Waals surface area contributed by atoms with E-state index in [2.05, 4.69) is 30.5 Å². The molecule has 13 atom stereocenters. The smallest absolute Gasteiger partial charge is 0.0652 e. The second kappa shape index (κ2) is 11.2. The fourth-order valence-electron chi connectivity index (χ4n) is 14.6. The Hall–Kier alpha value is 0.270. The highest BCUT2D eigenvalue weighted by molar-refractivity contribution is 8.00. The summed E-state index contributed by atoms with van der Waals surface area (Å²) in [6.07, 6.45) is 32.8. The average molecular weight is 594 g/mol. The Morgan fingerprint density at radius 2 is 1.14 bits per heavy atom. The molecular formula is C39H63NOS. The first kappa shape index (κ1) is 28.5. The van der Waals surface area contributed by atoms with Gasteiger partial charge in [0.2, 0.25) is 0 Å². The Labute approximate surface area is 263 Å². The van der Waals surface area contributed by atoms with Gasteiger partial charge in [0.1, 0.15) is 0 Å². The maximum Gasteiger partial charge on any atom is 0.0652 e. The van der Waals surface area contributed by atoms with Crippen molar-refractivity contribution < 1.29 is 4.74 Å². The van der Waals surface area contributed by atoms with Crippen LogP contribution in [-0.4, -0.2) is 45.7 Å². The van der Waals surface area contributed by atoms with Crippen LogP contribution in [0.3, 0.4) is 0 Å². The van der Waals surface area contributed by atoms with E-state index in [-0.39, 0.29) is 0 Å². The number of nitrogens with zero attached hydrogens (tertiary/aromatic N) is 1. The predicted octanol–water partition coefficient (Wildman–Crippen LogP) is 9.89. The zero-order valence-electron chi connectivity index (χ0n) is 27.3. The van der Waals surface area contributed by atoms with E-state index in [1.165, 1.54) is 135 Å². The van der Waals surface area contributed by atoms with E-state index in [4.69, 9.17) is 4.74 Å². The van der Waals surface area contributed by atoms with Gasteiger partial charge in [-0.1, -0.05) is 58.8 Å². The molecule has 2 nitrogen and oxygen atoms in total. The molecule has 0 aromatic carbocycles. The first-order valence-electron chi connectivity index (χ1n) is 19.7. The number of fused-ring (bicyclic) bond motifs is 9. The highest BCUT2D eigenvalue weighted by atomic mass is 32.2. The van der Waals surface area contributed by atoms with Gasteiger partial charge in [0.05, 0.1) is 12.2 Å². The van der Waals surface area contributed by atoms with Crippen molar-refractivity contribution in [3.8, 4) is 0 Å². The summed E-state index contributed by atoms with van der Waals surface area (Å²) in [4.78, 5) is 3.28. The molecule has 9 aliphatic rings. The van der Waals surface area contributed by atoms with Gasteiger partial charge in [-0.15, -0.1) is 0 Å². The van der Waals surface area contributed by atoms with Gasteiger partial charge in [0.25, 0.3) is 0 Å². The summed E-state index contributed by atoms with van der Waals surface area (Å²) in [6, 6.07) is 2.69. The van der Waals surface area contributed by atoms with Crippen LogP contribution in [0.5, 0.6) is 0 Å². The minimum absolute atomic E-state index is 0.562. The summed E-state index contributed by atoms with van der Waals surface area (Å²) in [6.45, 7) is 5.40. The Bertz CT molecular complexity index is 947. The third-order valence-corrected chi connectivity index (χ3v) is 18.1. The lowest BCUT2D eigenvalue weighted by atomic mass is 9.54. The van der Waals surface area contributed by atoms with Crippen LogP contribution in [0.2, 0.25) is 0 Å². The summed E-state index contributed by atoms with van der Waals surface area (Å²) in [5, 5.41) is 1.92. The minimum Gasteiger partial charge on any atom is -0.374 e. The van der Waals surface area contributed by atoms with E-state index < -0.39 is 0 Å². The molecule has 6 aliphatic carbocycles. The molecule has 0 spiro atoms. The second-order valence-electron chi connectivity index (χ2n) is 18.1. The summed E-state index contributed by atoms with van der Waals surface area (Å²) in [5.74, 6) is 7.49. The van der Waals surface area contributed by atoms with Crippen LogP contribution in [-0.2, 0) is 4.74 Å². The Morgan fingerprint density at radius 1 is 0.524 bits per heavy atom. The van der Waals surface area contributed by atoms with Crippen LogP contribution in [0.4, 0.5) is 0 Å². The van der Waals surface area contributed by atoms with Crippen LogP contribution in [0.1, 0.15) is 149 Å². The van der Waals surface area contributed by atoms with Crippen molar-refractivity contribution in [2.45, 2.75) is 190 Å². The van der Waals surface area contributed by atoms with Crippen LogP contribution in [0.15, 0.2) is 0 Å². The lowest BCUT2D eigenvalue weighted by molar-refractivity contribution is -0.144. The standard InChI is InChI=1S/C39H63NOS/c1-39(2)30-13-4-6-15-32(30)40(33-16-7-5-14-31(33)39)25-20-18-24(19-21-25)26-11-9-12-27-28-22-23-35-36(38(28)41-37(26)27)29-10-3-8-17-34(29)42-35/h24-38H,3-23H2,1-2H3. The molecule has 0 amide bonds. The van der Waals surface area contributed by atoms with Gasteiger partial charge >= 0.3 is 0 Å². The molecule has 6 saturated carbocycles. The fraction of sp³-hybridized carbons (Fsp3) is 1.00. The third kappa shape index (κ3) is 4.44. The summed E-state index contributed by atoms with van der Waals surface area (Å²) >= 11 is 2.43. The molecule has 0 aromatic heterocycles. The maximum atomic E-state index is 7.48. The highest BCUT2D eigenvalue weighted by Gasteiger charge is 2.60. The van der Waals surface area contributed by atoms with Gasteiger partial charge in [0, 0.05) is 34.5 Å². The number of piperidine rings is 1. The second-order valence-corrected chi connectivity index (χ2v) is 19.5. The largest absolute Gasteiger partial charge is 0.374 e. The Balaban J connectivity index is 0.905. The van der Waals surface area contributed by atoms with Crippen molar-refractivity contribution in [2.75, 3.05) is 0 Å². The zero-order valence-corrected chi connectivity index (χ0v) is 28.1. The fourth-order valence-corrected chi connectivity index (χ4v) is 16.7. The lowest BCUT2D eigenvalue weighted by Crippen LogP contribution is -2.66. The normalized spacial score (nSPS) is 55.4. The average Bonchev–Trinajstić information content (AvgIpc) is 3.60. The lowest BCUT2D eigenvalue weighted by Gasteiger charge is -2.64. The van der Waals surface area contributed by atoms with Gasteiger partial charge in [-0.05, 0) is 137 Å². The van der Waals surface area contributed by atoms with E-state index in [1.807, 2.05) is 0 Å². The van der Waals surface area contributed by atoms with E-state index in [0.29, 0.717) is 17.6 Å². The van der Waals surface area contributed by atoms with Crippen LogP contribution < -0.4 is 0 Å².